The normalized spacial score (nSPS) is 36.4. The Labute approximate surface area is 335 Å². The maximum absolute atomic E-state index is 12.8. The predicted molar refractivity (Wildman–Crippen MR) is 223 cm³/mol. The van der Waals surface area contributed by atoms with Crippen LogP contribution in [0, 0.1) is 40.9 Å². The molecule has 3 saturated carbocycles. The Morgan fingerprint density at radius 3 is 2.54 bits per heavy atom. The van der Waals surface area contributed by atoms with Crippen LogP contribution >= 0.6 is 0 Å². The third kappa shape index (κ3) is 8.58. The van der Waals surface area contributed by atoms with Crippen LogP contribution in [0.5, 0.6) is 0 Å². The van der Waals surface area contributed by atoms with Crippen molar-refractivity contribution in [3.63, 3.8) is 0 Å². The van der Waals surface area contributed by atoms with Gasteiger partial charge in [0.2, 0.25) is 0 Å². The smallest absolute Gasteiger partial charge is 0.145 e. The van der Waals surface area contributed by atoms with Crippen LogP contribution in [-0.2, 0) is 17.6 Å². The monoisotopic (exact) mass is 769 g/mol. The van der Waals surface area contributed by atoms with E-state index in [1.165, 1.54) is 36.8 Å². The van der Waals surface area contributed by atoms with Gasteiger partial charge in [-0.25, -0.2) is 0 Å². The van der Waals surface area contributed by atoms with E-state index in [2.05, 4.69) is 59.7 Å². The first-order valence-electron chi connectivity index (χ1n) is 21.4. The number of aldehydes is 1. The standard InChI is InChI=1S/C48H68N2O6/c1-31(38-16-15-32(2)46(55)50-42(36-12-5-6-13-36)27-35-11-8-10-34(25-35)26-38)9-7-14-40(30-53)41-19-21-48(45(41)54)44-37(20-24-51)17-18-39(43(44)33(3)29-52)28-47(48,56)22-23-49-4/h7-11,14-15,17-18,25,29,36-39,41-42,44-46,49-51,53-56H,1,5-6,12-13,16,19-24,26-28,30H2,2-4H3/t37-,38-,39-,41+,42+,44+,45+,46+,47+,48+/m0/s1. The molecule has 7 N–H and O–H groups in total. The lowest BCUT2D eigenvalue weighted by atomic mass is 9.45. The molecule has 4 bridgehead atoms. The summed E-state index contributed by atoms with van der Waals surface area (Å²) in [5.74, 6) is -0.319. The molecule has 8 heteroatoms. The SMILES string of the molecule is C=C(C=CC=C(CO)[C@H]1CC[C@]2([C@@H]1O)[C@H]1C(=C(C)C=O)[C@@H](C=C[C@H]1CCO)C[C@]2(O)CCNC)[C@H]1CC=C(C)[C@@H](O)N[C@@H](C2CCCC2)Cc2cccc(c2)C1. The van der Waals surface area contributed by atoms with Crippen molar-refractivity contribution in [3.05, 3.63) is 106 Å². The highest BCUT2D eigenvalue weighted by atomic mass is 16.3. The average Bonchev–Trinajstić information content (AvgIpc) is 3.86. The Balaban J connectivity index is 1.26. The van der Waals surface area contributed by atoms with Gasteiger partial charge in [0, 0.05) is 29.9 Å². The summed E-state index contributed by atoms with van der Waals surface area (Å²) in [5.41, 5.74) is 4.53. The molecule has 4 aliphatic carbocycles. The topological polar surface area (TPSA) is 142 Å². The van der Waals surface area contributed by atoms with Gasteiger partial charge < -0.3 is 30.8 Å². The van der Waals surface area contributed by atoms with Crippen LogP contribution in [0.4, 0.5) is 0 Å². The van der Waals surface area contributed by atoms with E-state index >= 15 is 0 Å². The fourth-order valence-corrected chi connectivity index (χ4v) is 11.6. The second-order valence-electron chi connectivity index (χ2n) is 17.8. The molecule has 0 aromatic heterocycles. The number of carbonyl (C=O) groups excluding carboxylic acids is 1. The first-order valence-corrected chi connectivity index (χ1v) is 21.4. The Morgan fingerprint density at radius 2 is 1.84 bits per heavy atom. The zero-order valence-corrected chi connectivity index (χ0v) is 34.0. The Hall–Kier alpha value is -2.95. The van der Waals surface area contributed by atoms with Crippen molar-refractivity contribution >= 4 is 6.29 Å². The Morgan fingerprint density at radius 1 is 1.09 bits per heavy atom. The van der Waals surface area contributed by atoms with Gasteiger partial charge in [-0.3, -0.25) is 10.1 Å². The number of benzene rings is 1. The number of hydrogen-bond acceptors (Lipinski definition) is 8. The zero-order valence-electron chi connectivity index (χ0n) is 34.0. The van der Waals surface area contributed by atoms with Crippen molar-refractivity contribution in [2.24, 2.45) is 40.9 Å². The third-order valence-corrected chi connectivity index (χ3v) is 14.6. The van der Waals surface area contributed by atoms with Crippen molar-refractivity contribution in [2.45, 2.75) is 115 Å². The van der Waals surface area contributed by atoms with Crippen LogP contribution in [0.1, 0.15) is 89.2 Å². The van der Waals surface area contributed by atoms with E-state index in [9.17, 15) is 30.3 Å². The molecule has 306 valence electrons. The molecule has 3 fully saturated rings. The lowest BCUT2D eigenvalue weighted by molar-refractivity contribution is -0.194. The van der Waals surface area contributed by atoms with Gasteiger partial charge in [0.25, 0.3) is 0 Å². The van der Waals surface area contributed by atoms with Gasteiger partial charge in [0.15, 0.2) is 0 Å². The molecule has 0 saturated heterocycles. The molecule has 1 spiro atoms. The number of nitrogens with one attached hydrogen (secondary N) is 2. The van der Waals surface area contributed by atoms with E-state index in [0.29, 0.717) is 55.7 Å². The molecule has 1 aromatic carbocycles. The number of aliphatic hydroxyl groups is 5. The first-order chi connectivity index (χ1) is 27.0. The Kier molecular flexibility index (Phi) is 14.3. The van der Waals surface area contributed by atoms with Crippen LogP contribution in [-0.4, -0.2) is 82.6 Å². The summed E-state index contributed by atoms with van der Waals surface area (Å²) < 4.78 is 0. The Bertz CT molecular complexity index is 1700. The molecule has 0 amide bonds. The van der Waals surface area contributed by atoms with Gasteiger partial charge in [0.05, 0.1) is 18.3 Å². The number of carbonyl (C=O) groups is 1. The minimum absolute atomic E-state index is 0.0369. The quantitative estimate of drug-likeness (QED) is 0.0590. The summed E-state index contributed by atoms with van der Waals surface area (Å²) >= 11 is 0. The molecule has 8 nitrogen and oxygen atoms in total. The van der Waals surface area contributed by atoms with Crippen LogP contribution in [0.2, 0.25) is 0 Å². The lowest BCUT2D eigenvalue weighted by Gasteiger charge is -2.61. The fourth-order valence-electron chi connectivity index (χ4n) is 11.6. The van der Waals surface area contributed by atoms with Crippen LogP contribution in [0.25, 0.3) is 0 Å². The van der Waals surface area contributed by atoms with E-state index < -0.39 is 29.3 Å². The van der Waals surface area contributed by atoms with E-state index in [1.807, 2.05) is 39.1 Å². The van der Waals surface area contributed by atoms with Crippen LogP contribution < -0.4 is 10.6 Å². The van der Waals surface area contributed by atoms with Crippen LogP contribution in [0.3, 0.4) is 0 Å². The molecule has 6 rings (SSSR count). The van der Waals surface area contributed by atoms with Gasteiger partial charge in [-0.1, -0.05) is 91.3 Å². The average molecular weight is 769 g/mol. The van der Waals surface area contributed by atoms with E-state index in [1.54, 1.807) is 0 Å². The number of rotatable bonds is 12. The van der Waals surface area contributed by atoms with Crippen molar-refractivity contribution in [2.75, 3.05) is 26.8 Å². The molecule has 5 aliphatic rings. The van der Waals surface area contributed by atoms with Crippen LogP contribution in [0.15, 0.2) is 95.2 Å². The summed E-state index contributed by atoms with van der Waals surface area (Å²) in [6, 6.07) is 9.09. The summed E-state index contributed by atoms with van der Waals surface area (Å²) in [7, 11) is 1.86. The van der Waals surface area contributed by atoms with E-state index in [4.69, 9.17) is 0 Å². The number of aliphatic hydroxyl groups excluding tert-OH is 4. The number of allylic oxidation sites excluding steroid dienone is 9. The van der Waals surface area contributed by atoms with Gasteiger partial charge in [-0.15, -0.1) is 0 Å². The second kappa shape index (κ2) is 18.8. The molecule has 1 aliphatic heterocycles. The lowest BCUT2D eigenvalue weighted by Crippen LogP contribution is -2.65. The van der Waals surface area contributed by atoms with Gasteiger partial charge >= 0.3 is 0 Å². The highest BCUT2D eigenvalue weighted by Crippen LogP contribution is 2.67. The molecular weight excluding hydrogens is 701 g/mol. The molecule has 10 atom stereocenters. The summed E-state index contributed by atoms with van der Waals surface area (Å²) in [6.45, 7) is 8.63. The largest absolute Gasteiger partial charge is 0.396 e. The fraction of sp³-hybridized carbons (Fsp3) is 0.604. The molecule has 1 heterocycles. The molecule has 1 aromatic rings. The van der Waals surface area contributed by atoms with Gasteiger partial charge in [-0.2, -0.15) is 0 Å². The number of hydrogen-bond donors (Lipinski definition) is 7. The zero-order chi connectivity index (χ0) is 40.0. The molecule has 0 radical (unpaired) electrons. The second-order valence-corrected chi connectivity index (χ2v) is 17.8. The van der Waals surface area contributed by atoms with Crippen molar-refractivity contribution in [3.8, 4) is 0 Å². The van der Waals surface area contributed by atoms with Crippen molar-refractivity contribution < 1.29 is 30.3 Å². The minimum Gasteiger partial charge on any atom is -0.396 e. The molecule has 56 heavy (non-hydrogen) atoms. The van der Waals surface area contributed by atoms with Gasteiger partial charge in [-0.05, 0) is 143 Å². The summed E-state index contributed by atoms with van der Waals surface area (Å²) in [4.78, 5) is 12.3. The number of fused-ring (bicyclic) bond motifs is 5. The summed E-state index contributed by atoms with van der Waals surface area (Å²) in [6.07, 6.45) is 21.2. The summed E-state index contributed by atoms with van der Waals surface area (Å²) in [5, 5.41) is 64.4. The highest BCUT2D eigenvalue weighted by molar-refractivity contribution is 5.74. The van der Waals surface area contributed by atoms with E-state index in [0.717, 1.165) is 42.3 Å². The van der Waals surface area contributed by atoms with E-state index in [-0.39, 0.29) is 42.9 Å². The van der Waals surface area contributed by atoms with Crippen molar-refractivity contribution in [1.29, 1.82) is 0 Å². The maximum Gasteiger partial charge on any atom is 0.145 e. The molecule has 0 unspecified atom stereocenters. The van der Waals surface area contributed by atoms with Crippen molar-refractivity contribution in [1.82, 2.24) is 10.6 Å². The molecular formula is C48H68N2O6. The predicted octanol–water partition coefficient (Wildman–Crippen LogP) is 6.05. The van der Waals surface area contributed by atoms with Gasteiger partial charge in [0.1, 0.15) is 12.5 Å². The minimum atomic E-state index is -1.23. The maximum atomic E-state index is 12.8. The first kappa shape index (κ1) is 42.7. The highest BCUT2D eigenvalue weighted by Gasteiger charge is 2.68. The third-order valence-electron chi connectivity index (χ3n) is 14.6.